The Kier molecular flexibility index (Phi) is 5.05. The predicted molar refractivity (Wildman–Crippen MR) is 73.5 cm³/mol. The fraction of sp³-hybridized carbons (Fsp3) is 0.286. The Morgan fingerprint density at radius 3 is 2.50 bits per heavy atom. The van der Waals surface area contributed by atoms with Gasteiger partial charge in [-0.2, -0.15) is 0 Å². The van der Waals surface area contributed by atoms with E-state index in [1.54, 1.807) is 0 Å². The van der Waals surface area contributed by atoms with Crippen LogP contribution in [0.25, 0.3) is 0 Å². The molecular formula is C14H14F2N2O4. The maximum atomic E-state index is 12.0. The Labute approximate surface area is 125 Å². The molecule has 2 N–H and O–H groups in total. The number of benzene rings is 1. The number of anilines is 1. The number of aliphatic hydroxyl groups is 1. The standard InChI is InChI=1S/C14H14F2N2O4/c15-12(16)8-22-10-3-1-9(2-4-10)17-11-7-13(20)18(5-6-19)14(11)21/h1-4,7,12,17,19H,5-6,8H2. The quantitative estimate of drug-likeness (QED) is 0.734. The molecule has 6 nitrogen and oxygen atoms in total. The molecule has 0 spiro atoms. The zero-order valence-corrected chi connectivity index (χ0v) is 11.5. The first-order valence-electron chi connectivity index (χ1n) is 6.47. The largest absolute Gasteiger partial charge is 0.488 e. The highest BCUT2D eigenvalue weighted by molar-refractivity contribution is 6.17. The third-order valence-corrected chi connectivity index (χ3v) is 2.84. The van der Waals surface area contributed by atoms with Gasteiger partial charge >= 0.3 is 0 Å². The van der Waals surface area contributed by atoms with Crippen LogP contribution in [0, 0.1) is 0 Å². The number of hydrogen-bond donors (Lipinski definition) is 2. The van der Waals surface area contributed by atoms with E-state index in [9.17, 15) is 18.4 Å². The summed E-state index contributed by atoms with van der Waals surface area (Å²) in [5, 5.41) is 11.6. The van der Waals surface area contributed by atoms with Gasteiger partial charge in [0.15, 0.2) is 0 Å². The van der Waals surface area contributed by atoms with Crippen molar-refractivity contribution >= 4 is 17.5 Å². The van der Waals surface area contributed by atoms with Crippen LogP contribution in [0.2, 0.25) is 0 Å². The number of halogens is 2. The molecular weight excluding hydrogens is 298 g/mol. The number of rotatable bonds is 7. The summed E-state index contributed by atoms with van der Waals surface area (Å²) in [6.07, 6.45) is -1.42. The number of ether oxygens (including phenoxy) is 1. The third kappa shape index (κ3) is 3.79. The third-order valence-electron chi connectivity index (χ3n) is 2.84. The van der Waals surface area contributed by atoms with Crippen molar-refractivity contribution < 1.29 is 28.2 Å². The summed E-state index contributed by atoms with van der Waals surface area (Å²) in [6, 6.07) is 6.01. The van der Waals surface area contributed by atoms with Gasteiger partial charge in [0, 0.05) is 11.8 Å². The number of nitrogens with zero attached hydrogens (tertiary/aromatic N) is 1. The summed E-state index contributed by atoms with van der Waals surface area (Å²) in [4.78, 5) is 24.4. The molecule has 0 atom stereocenters. The molecule has 1 aromatic carbocycles. The minimum absolute atomic E-state index is 0.0697. The van der Waals surface area contributed by atoms with E-state index in [1.165, 1.54) is 24.3 Å². The van der Waals surface area contributed by atoms with Crippen LogP contribution in [0.3, 0.4) is 0 Å². The van der Waals surface area contributed by atoms with Crippen molar-refractivity contribution in [2.75, 3.05) is 25.1 Å². The van der Waals surface area contributed by atoms with E-state index in [2.05, 4.69) is 5.32 Å². The Balaban J connectivity index is 1.98. The van der Waals surface area contributed by atoms with Gasteiger partial charge in [0.1, 0.15) is 18.1 Å². The van der Waals surface area contributed by atoms with Gasteiger partial charge in [-0.3, -0.25) is 14.5 Å². The zero-order chi connectivity index (χ0) is 16.1. The number of carbonyl (C=O) groups is 2. The highest BCUT2D eigenvalue weighted by atomic mass is 19.3. The van der Waals surface area contributed by atoms with Crippen LogP contribution in [-0.4, -0.2) is 48.0 Å². The average molecular weight is 312 g/mol. The fourth-order valence-corrected chi connectivity index (χ4v) is 1.86. The first-order chi connectivity index (χ1) is 10.5. The summed E-state index contributed by atoms with van der Waals surface area (Å²) in [6.45, 7) is -1.07. The molecule has 0 fully saturated rings. The summed E-state index contributed by atoms with van der Waals surface area (Å²) >= 11 is 0. The Morgan fingerprint density at radius 2 is 1.91 bits per heavy atom. The normalized spacial score (nSPS) is 14.5. The lowest BCUT2D eigenvalue weighted by molar-refractivity contribution is -0.137. The maximum Gasteiger partial charge on any atom is 0.277 e. The molecule has 118 valence electrons. The monoisotopic (exact) mass is 312 g/mol. The number of aliphatic hydroxyl groups excluding tert-OH is 1. The van der Waals surface area contributed by atoms with Crippen molar-refractivity contribution in [3.63, 3.8) is 0 Å². The molecule has 22 heavy (non-hydrogen) atoms. The van der Waals surface area contributed by atoms with Gasteiger partial charge in [-0.05, 0) is 24.3 Å². The molecule has 1 heterocycles. The van der Waals surface area contributed by atoms with Crippen LogP contribution in [0.4, 0.5) is 14.5 Å². The highest BCUT2D eigenvalue weighted by Crippen LogP contribution is 2.20. The molecule has 2 amide bonds. The van der Waals surface area contributed by atoms with Gasteiger partial charge in [0.05, 0.1) is 13.2 Å². The summed E-state index contributed by atoms with van der Waals surface area (Å²) in [7, 11) is 0. The Bertz CT molecular complexity index is 587. The van der Waals surface area contributed by atoms with Crippen molar-refractivity contribution in [1.29, 1.82) is 0 Å². The molecule has 0 bridgehead atoms. The summed E-state index contributed by atoms with van der Waals surface area (Å²) < 4.78 is 28.9. The SMILES string of the molecule is O=C1C=C(Nc2ccc(OCC(F)F)cc2)C(=O)N1CCO. The number of alkyl halides is 2. The van der Waals surface area contributed by atoms with Gasteiger partial charge in [0.2, 0.25) is 0 Å². The second-order valence-electron chi connectivity index (χ2n) is 4.43. The van der Waals surface area contributed by atoms with Crippen LogP contribution in [0.15, 0.2) is 36.0 Å². The van der Waals surface area contributed by atoms with Gasteiger partial charge in [-0.15, -0.1) is 0 Å². The first-order valence-corrected chi connectivity index (χ1v) is 6.47. The van der Waals surface area contributed by atoms with Gasteiger partial charge in [-0.25, -0.2) is 8.78 Å². The maximum absolute atomic E-state index is 12.0. The number of carbonyl (C=O) groups excluding carboxylic acids is 2. The topological polar surface area (TPSA) is 78.9 Å². The van der Waals surface area contributed by atoms with Crippen LogP contribution < -0.4 is 10.1 Å². The van der Waals surface area contributed by atoms with E-state index in [4.69, 9.17) is 9.84 Å². The second kappa shape index (κ2) is 6.99. The molecule has 0 saturated heterocycles. The summed E-state index contributed by atoms with van der Waals surface area (Å²) in [5.41, 5.74) is 0.586. The van der Waals surface area contributed by atoms with Crippen molar-refractivity contribution in [2.24, 2.45) is 0 Å². The molecule has 0 radical (unpaired) electrons. The van der Waals surface area contributed by atoms with Crippen LogP contribution >= 0.6 is 0 Å². The Hall–Kier alpha value is -2.48. The summed E-state index contributed by atoms with van der Waals surface area (Å²) in [5.74, 6) is -0.758. The molecule has 0 saturated carbocycles. The molecule has 2 rings (SSSR count). The molecule has 0 unspecified atom stereocenters. The Morgan fingerprint density at radius 1 is 1.23 bits per heavy atom. The molecule has 8 heteroatoms. The zero-order valence-electron chi connectivity index (χ0n) is 11.5. The van der Waals surface area contributed by atoms with E-state index in [1.807, 2.05) is 0 Å². The lowest BCUT2D eigenvalue weighted by Crippen LogP contribution is -2.34. The van der Waals surface area contributed by atoms with E-state index in [-0.39, 0.29) is 24.6 Å². The minimum Gasteiger partial charge on any atom is -0.488 e. The van der Waals surface area contributed by atoms with Crippen molar-refractivity contribution in [3.05, 3.63) is 36.0 Å². The minimum atomic E-state index is -2.55. The van der Waals surface area contributed by atoms with Gasteiger partial charge in [0.25, 0.3) is 18.2 Å². The van der Waals surface area contributed by atoms with Crippen molar-refractivity contribution in [3.8, 4) is 5.75 Å². The molecule has 0 aromatic heterocycles. The van der Waals surface area contributed by atoms with Gasteiger partial charge < -0.3 is 15.2 Å². The fourth-order valence-electron chi connectivity index (χ4n) is 1.86. The van der Waals surface area contributed by atoms with Gasteiger partial charge in [-0.1, -0.05) is 0 Å². The number of nitrogens with one attached hydrogen (secondary N) is 1. The van der Waals surface area contributed by atoms with E-state index >= 15 is 0 Å². The molecule has 0 aliphatic carbocycles. The number of β-amino-alcohol motifs (C(OH)–C–C–N with tert-alkyl or cyclic N) is 1. The first kappa shape index (κ1) is 15.9. The number of hydrogen-bond acceptors (Lipinski definition) is 5. The molecule has 1 aromatic rings. The lowest BCUT2D eigenvalue weighted by Gasteiger charge is -2.13. The average Bonchev–Trinajstić information content (AvgIpc) is 2.74. The van der Waals surface area contributed by atoms with E-state index in [0.717, 1.165) is 11.0 Å². The van der Waals surface area contributed by atoms with E-state index in [0.29, 0.717) is 5.69 Å². The molecule has 1 aliphatic heterocycles. The van der Waals surface area contributed by atoms with E-state index < -0.39 is 24.8 Å². The van der Waals surface area contributed by atoms with Crippen LogP contribution in [-0.2, 0) is 9.59 Å². The molecule has 1 aliphatic rings. The highest BCUT2D eigenvalue weighted by Gasteiger charge is 2.30. The smallest absolute Gasteiger partial charge is 0.277 e. The second-order valence-corrected chi connectivity index (χ2v) is 4.43. The number of imide groups is 1. The van der Waals surface area contributed by atoms with Crippen molar-refractivity contribution in [2.45, 2.75) is 6.43 Å². The van der Waals surface area contributed by atoms with Crippen LogP contribution in [0.1, 0.15) is 0 Å². The number of amides is 2. The van der Waals surface area contributed by atoms with Crippen LogP contribution in [0.5, 0.6) is 5.75 Å². The lowest BCUT2D eigenvalue weighted by atomic mass is 10.3. The predicted octanol–water partition coefficient (Wildman–Crippen LogP) is 0.987. The van der Waals surface area contributed by atoms with Crippen molar-refractivity contribution in [1.82, 2.24) is 4.90 Å².